The zero-order valence-electron chi connectivity index (χ0n) is 17.6. The molecule has 2 heterocycles. The van der Waals surface area contributed by atoms with Crippen LogP contribution in [0, 0.1) is 17.5 Å². The molecule has 5 rings (SSSR count). The molecule has 1 aliphatic heterocycles. The van der Waals surface area contributed by atoms with Gasteiger partial charge < -0.3 is 0 Å². The molecule has 11 heteroatoms. The number of aromatic nitrogens is 1. The van der Waals surface area contributed by atoms with E-state index in [9.17, 15) is 26.4 Å². The molecular weight excluding hydrogens is 487 g/mol. The Labute approximate surface area is 196 Å². The Bertz CT molecular complexity index is 1570. The fourth-order valence-corrected chi connectivity index (χ4v) is 6.63. The molecule has 1 amide bonds. The number of carbonyl (C=O) groups excluding carboxylic acids is 1. The van der Waals surface area contributed by atoms with E-state index in [1.807, 2.05) is 19.1 Å². The first-order valence-electron chi connectivity index (χ1n) is 10.1. The number of carbonyl (C=O) groups is 1. The van der Waals surface area contributed by atoms with Crippen molar-refractivity contribution >= 4 is 48.3 Å². The molecule has 0 saturated carbocycles. The largest absolute Gasteiger partial charge is 0.298 e. The van der Waals surface area contributed by atoms with Crippen molar-refractivity contribution in [3.63, 3.8) is 0 Å². The SMILES string of the molecule is CC1Cc2ccccc2N1S(=O)(=O)c1cccc(C(=O)Nc2nc3c(F)c(F)c(F)cc3s2)c1. The van der Waals surface area contributed by atoms with Crippen LogP contribution in [0.5, 0.6) is 0 Å². The number of fused-ring (bicyclic) bond motifs is 2. The molecule has 0 fully saturated rings. The third-order valence-corrected chi connectivity index (χ3v) is 8.38. The summed E-state index contributed by atoms with van der Waals surface area (Å²) in [5.74, 6) is -5.15. The fourth-order valence-electron chi connectivity index (χ4n) is 4.01. The number of nitrogens with one attached hydrogen (secondary N) is 1. The van der Waals surface area contributed by atoms with Crippen molar-refractivity contribution in [2.24, 2.45) is 0 Å². The first-order valence-corrected chi connectivity index (χ1v) is 12.4. The van der Waals surface area contributed by atoms with Crippen LogP contribution < -0.4 is 9.62 Å². The molecule has 1 N–H and O–H groups in total. The molecular formula is C23H16F3N3O3S2. The Balaban J connectivity index is 1.45. The Hall–Kier alpha value is -3.44. The van der Waals surface area contributed by atoms with Crippen molar-refractivity contribution < 1.29 is 26.4 Å². The maximum absolute atomic E-state index is 13.9. The van der Waals surface area contributed by atoms with Gasteiger partial charge >= 0.3 is 0 Å². The van der Waals surface area contributed by atoms with E-state index in [1.165, 1.54) is 28.6 Å². The van der Waals surface area contributed by atoms with E-state index in [4.69, 9.17) is 0 Å². The highest BCUT2D eigenvalue weighted by atomic mass is 32.2. The molecule has 174 valence electrons. The van der Waals surface area contributed by atoms with E-state index in [1.54, 1.807) is 12.1 Å². The van der Waals surface area contributed by atoms with E-state index in [0.717, 1.165) is 23.0 Å². The fraction of sp³-hybridized carbons (Fsp3) is 0.130. The predicted octanol–water partition coefficient (Wildman–Crippen LogP) is 5.11. The number of nitrogens with zero attached hydrogens (tertiary/aromatic N) is 2. The molecule has 1 unspecified atom stereocenters. The first-order chi connectivity index (χ1) is 16.2. The average Bonchev–Trinajstić information content (AvgIpc) is 3.37. The number of thiazole rings is 1. The van der Waals surface area contributed by atoms with Crippen LogP contribution in [-0.2, 0) is 16.4 Å². The third kappa shape index (κ3) is 3.61. The summed E-state index contributed by atoms with van der Waals surface area (Å²) in [5.41, 5.74) is 1.14. The van der Waals surface area contributed by atoms with Crippen molar-refractivity contribution in [1.29, 1.82) is 0 Å². The molecule has 1 aliphatic rings. The monoisotopic (exact) mass is 503 g/mol. The normalized spacial score (nSPS) is 15.5. The van der Waals surface area contributed by atoms with Gasteiger partial charge in [-0.2, -0.15) is 0 Å². The summed E-state index contributed by atoms with van der Waals surface area (Å²) in [5, 5.41) is 2.35. The number of amides is 1. The lowest BCUT2D eigenvalue weighted by Gasteiger charge is -2.24. The molecule has 0 bridgehead atoms. The van der Waals surface area contributed by atoms with E-state index in [-0.39, 0.29) is 26.3 Å². The van der Waals surface area contributed by atoms with Gasteiger partial charge in [0, 0.05) is 11.6 Å². The summed E-state index contributed by atoms with van der Waals surface area (Å²) in [7, 11) is -3.96. The molecule has 4 aromatic rings. The van der Waals surface area contributed by atoms with Crippen LogP contribution >= 0.6 is 11.3 Å². The minimum Gasteiger partial charge on any atom is -0.298 e. The van der Waals surface area contributed by atoms with Crippen LogP contribution in [0.1, 0.15) is 22.8 Å². The van der Waals surface area contributed by atoms with Gasteiger partial charge in [0.15, 0.2) is 22.6 Å². The van der Waals surface area contributed by atoms with Crippen LogP contribution in [0.4, 0.5) is 24.0 Å². The van der Waals surface area contributed by atoms with Crippen molar-refractivity contribution in [1.82, 2.24) is 4.98 Å². The summed E-state index contributed by atoms with van der Waals surface area (Å²) in [6.45, 7) is 1.81. The second kappa shape index (κ2) is 8.10. The average molecular weight is 504 g/mol. The van der Waals surface area contributed by atoms with Crippen molar-refractivity contribution in [3.8, 4) is 0 Å². The van der Waals surface area contributed by atoms with Gasteiger partial charge in [0.2, 0.25) is 0 Å². The van der Waals surface area contributed by atoms with Gasteiger partial charge in [-0.1, -0.05) is 35.6 Å². The molecule has 6 nitrogen and oxygen atoms in total. The standard InChI is InChI=1S/C23H16F3N3O3S2/c1-12-9-13-5-2-3-8-17(13)29(12)34(31,32)15-7-4-6-14(10-15)22(30)28-23-27-21-18(33-23)11-16(24)19(25)20(21)26/h2-8,10-12H,9H2,1H3,(H,27,28,30). The highest BCUT2D eigenvalue weighted by Gasteiger charge is 2.36. The molecule has 0 aliphatic carbocycles. The molecule has 0 saturated heterocycles. The van der Waals surface area contributed by atoms with Crippen molar-refractivity contribution in [2.75, 3.05) is 9.62 Å². The second-order valence-corrected chi connectivity index (χ2v) is 10.7. The predicted molar refractivity (Wildman–Crippen MR) is 123 cm³/mol. The van der Waals surface area contributed by atoms with Crippen LogP contribution in [0.2, 0.25) is 0 Å². The summed E-state index contributed by atoms with van der Waals surface area (Å²) >= 11 is 0.764. The number of halogens is 3. The maximum atomic E-state index is 13.9. The number of hydrogen-bond donors (Lipinski definition) is 1. The van der Waals surface area contributed by atoms with Gasteiger partial charge in [-0.25, -0.2) is 26.6 Å². The first kappa shape index (κ1) is 22.4. The molecule has 34 heavy (non-hydrogen) atoms. The molecule has 1 aromatic heterocycles. The second-order valence-electron chi connectivity index (χ2n) is 7.82. The summed E-state index contributed by atoms with van der Waals surface area (Å²) in [4.78, 5) is 16.5. The van der Waals surface area contributed by atoms with E-state index >= 15 is 0 Å². The Morgan fingerprint density at radius 3 is 2.65 bits per heavy atom. The summed E-state index contributed by atoms with van der Waals surface area (Å²) in [6.07, 6.45) is 0.574. The van der Waals surface area contributed by atoms with Crippen LogP contribution in [0.15, 0.2) is 59.5 Å². The smallest absolute Gasteiger partial charge is 0.264 e. The quantitative estimate of drug-likeness (QED) is 0.393. The van der Waals surface area contributed by atoms with Gasteiger partial charge in [0.05, 0.1) is 15.3 Å². The molecule has 3 aromatic carbocycles. The number of hydrogen-bond acceptors (Lipinski definition) is 5. The number of anilines is 2. The van der Waals surface area contributed by atoms with Gasteiger partial charge in [0.1, 0.15) is 5.52 Å². The topological polar surface area (TPSA) is 79.4 Å². The van der Waals surface area contributed by atoms with Crippen LogP contribution in [0.25, 0.3) is 10.2 Å². The maximum Gasteiger partial charge on any atom is 0.264 e. The van der Waals surface area contributed by atoms with E-state index in [0.29, 0.717) is 12.1 Å². The lowest BCUT2D eigenvalue weighted by atomic mass is 10.1. The Morgan fingerprint density at radius 2 is 1.85 bits per heavy atom. The van der Waals surface area contributed by atoms with Crippen LogP contribution in [-0.4, -0.2) is 25.4 Å². The Kier molecular flexibility index (Phi) is 5.33. The highest BCUT2D eigenvalue weighted by molar-refractivity contribution is 7.92. The zero-order valence-corrected chi connectivity index (χ0v) is 19.2. The van der Waals surface area contributed by atoms with Crippen molar-refractivity contribution in [2.45, 2.75) is 24.3 Å². The van der Waals surface area contributed by atoms with Crippen molar-refractivity contribution in [3.05, 3.63) is 83.2 Å². The van der Waals surface area contributed by atoms with E-state index in [2.05, 4.69) is 10.3 Å². The number of benzene rings is 3. The van der Waals surface area contributed by atoms with E-state index < -0.39 is 38.9 Å². The van der Waals surface area contributed by atoms with Gasteiger partial charge in [0.25, 0.3) is 15.9 Å². The number of para-hydroxylation sites is 1. The third-order valence-electron chi connectivity index (χ3n) is 5.54. The minimum absolute atomic E-state index is 0.0183. The lowest BCUT2D eigenvalue weighted by molar-refractivity contribution is 0.102. The lowest BCUT2D eigenvalue weighted by Crippen LogP contribution is -2.35. The molecule has 0 spiro atoms. The number of rotatable bonds is 4. The summed E-state index contributed by atoms with van der Waals surface area (Å²) < 4.78 is 69.1. The zero-order chi connectivity index (χ0) is 24.2. The van der Waals surface area contributed by atoms with Crippen LogP contribution in [0.3, 0.4) is 0 Å². The highest BCUT2D eigenvalue weighted by Crippen LogP contribution is 2.37. The van der Waals surface area contributed by atoms with Gasteiger partial charge in [-0.15, -0.1) is 0 Å². The van der Waals surface area contributed by atoms with Gasteiger partial charge in [-0.05, 0) is 49.2 Å². The molecule has 1 atom stereocenters. The molecule has 0 radical (unpaired) electrons. The van der Waals surface area contributed by atoms with Gasteiger partial charge in [-0.3, -0.25) is 14.4 Å². The number of sulfonamides is 1. The minimum atomic E-state index is -3.96. The Morgan fingerprint density at radius 1 is 1.09 bits per heavy atom. The summed E-state index contributed by atoms with van der Waals surface area (Å²) in [6, 6.07) is 13.2.